The van der Waals surface area contributed by atoms with Crippen molar-refractivity contribution >= 4 is 11.4 Å². The fraction of sp³-hybridized carbons (Fsp3) is 0.375. The molecule has 122 valence electrons. The van der Waals surface area contributed by atoms with Crippen molar-refractivity contribution in [1.82, 2.24) is 4.72 Å². The number of alkyl halides is 1. The van der Waals surface area contributed by atoms with Gasteiger partial charge in [0.1, 0.15) is 17.2 Å². The van der Waals surface area contributed by atoms with Crippen LogP contribution < -0.4 is 4.72 Å². The summed E-state index contributed by atoms with van der Waals surface area (Å²) in [5.41, 5.74) is 0.769. The molecular weight excluding hydrogens is 358 g/mol. The molecule has 0 amide bonds. The van der Waals surface area contributed by atoms with E-state index in [0.29, 0.717) is 5.56 Å². The molecule has 0 aliphatic rings. The summed E-state index contributed by atoms with van der Waals surface area (Å²) in [4.78, 5) is 0. The van der Waals surface area contributed by atoms with E-state index < -0.39 is 34.6 Å². The molecule has 6 heteroatoms. The van der Waals surface area contributed by atoms with E-state index in [1.54, 1.807) is 6.07 Å². The molecule has 1 aromatic rings. The molecule has 22 heavy (non-hydrogen) atoms. The van der Waals surface area contributed by atoms with Crippen molar-refractivity contribution in [2.45, 2.75) is 38.2 Å². The van der Waals surface area contributed by atoms with Crippen molar-refractivity contribution in [2.24, 2.45) is 0 Å². The molecule has 0 heterocycles. The van der Waals surface area contributed by atoms with Crippen LogP contribution in [0, 0.1) is 20.7 Å². The minimum atomic E-state index is -1.32. The molecule has 0 spiro atoms. The third-order valence-corrected chi connectivity index (χ3v) is 4.10. The largest absolute Gasteiger partial charge is 2.00 e. The van der Waals surface area contributed by atoms with Crippen LogP contribution in [-0.4, -0.2) is 9.30 Å². The van der Waals surface area contributed by atoms with Crippen LogP contribution in [0.2, 0.25) is 0 Å². The van der Waals surface area contributed by atoms with Gasteiger partial charge in [0.25, 0.3) is 0 Å². The molecule has 2 atom stereocenters. The Morgan fingerprint density at radius 2 is 1.86 bits per heavy atom. The average molecular weight is 383 g/mol. The molecule has 1 rings (SSSR count). The number of benzene rings is 1. The van der Waals surface area contributed by atoms with E-state index in [2.05, 4.69) is 11.3 Å². The zero-order valence-electron chi connectivity index (χ0n) is 14.1. The first-order valence-corrected chi connectivity index (χ1v) is 7.09. The summed E-state index contributed by atoms with van der Waals surface area (Å²) in [6.07, 6.45) is 1.53. The van der Waals surface area contributed by atoms with Crippen LogP contribution in [0.1, 0.15) is 37.9 Å². The van der Waals surface area contributed by atoms with Gasteiger partial charge in [0, 0.05) is 11.4 Å². The quantitative estimate of drug-likeness (QED) is 0.353. The van der Waals surface area contributed by atoms with E-state index >= 15 is 0 Å². The number of nitrogens with one attached hydrogen (secondary N) is 1. The van der Waals surface area contributed by atoms with Gasteiger partial charge in [-0.05, 0) is 44.0 Å². The van der Waals surface area contributed by atoms with Gasteiger partial charge in [0.05, 0.1) is 6.04 Å². The van der Waals surface area contributed by atoms with Gasteiger partial charge in [-0.1, -0.05) is 12.1 Å². The third-order valence-electron chi connectivity index (χ3n) is 2.52. The van der Waals surface area contributed by atoms with E-state index in [9.17, 15) is 13.3 Å². The molecule has 1 unspecified atom stereocenters. The maximum Gasteiger partial charge on any atom is 2.00 e. The summed E-state index contributed by atoms with van der Waals surface area (Å²) in [6, 6.07) is 3.49. The topological polar surface area (TPSA) is 35.1 Å². The molecule has 0 fully saturated rings. The fourth-order valence-corrected chi connectivity index (χ4v) is 2.29. The van der Waals surface area contributed by atoms with Crippen LogP contribution in [0.5, 0.6) is 0 Å². The first kappa shape index (κ1) is 26.6. The molecule has 2 nitrogen and oxygen atoms in total. The van der Waals surface area contributed by atoms with Crippen LogP contribution >= 0.6 is 0 Å². The number of hydrogen-bond donors (Lipinski definition) is 1. The Balaban J connectivity index is -0.00000120. The zero-order chi connectivity index (χ0) is 14.6. The molecule has 0 bridgehead atoms. The van der Waals surface area contributed by atoms with Crippen molar-refractivity contribution in [2.75, 3.05) is 0 Å². The van der Waals surface area contributed by atoms with Crippen molar-refractivity contribution in [3.63, 3.8) is 0 Å². The Labute approximate surface area is 149 Å². The fourth-order valence-electron chi connectivity index (χ4n) is 1.48. The standard InChI is InChI=1S/C14H19F2NOS.2CH3.Zn/c1-5-13(17-19(18)14(2,3)4)11-6-10(9-15)7-12(16)8-11;;;/h5-8,13,17H,1,9H2,2-4H3;2*1H3;/q;2*-1;+2/t13-,19?;;;/m1.../s1. The van der Waals surface area contributed by atoms with Gasteiger partial charge in [-0.25, -0.2) is 8.78 Å². The van der Waals surface area contributed by atoms with Crippen LogP contribution in [0.3, 0.4) is 0 Å². The number of hydrogen-bond acceptors (Lipinski definition) is 2. The molecule has 0 aliphatic heterocycles. The van der Waals surface area contributed by atoms with Crippen molar-refractivity contribution in [1.29, 1.82) is 0 Å². The minimum Gasteiger partial charge on any atom is -0.598 e. The Kier molecular flexibility index (Phi) is 13.6. The Hall–Kier alpha value is -0.287. The summed E-state index contributed by atoms with van der Waals surface area (Å²) in [7, 11) is 0. The molecule has 0 saturated carbocycles. The SMILES string of the molecule is C=C[C@@H](N[S+]([O-])C(C)(C)C)c1cc(F)cc(CF)c1.[CH3-].[CH3-].[Zn+2]. The summed E-state index contributed by atoms with van der Waals surface area (Å²) in [5.74, 6) is -0.514. The number of rotatable bonds is 5. The van der Waals surface area contributed by atoms with Crippen molar-refractivity contribution < 1.29 is 32.8 Å². The van der Waals surface area contributed by atoms with Crippen LogP contribution in [-0.2, 0) is 37.5 Å². The van der Waals surface area contributed by atoms with Crippen LogP contribution in [0.4, 0.5) is 8.78 Å². The average Bonchev–Trinajstić information content (AvgIpc) is 2.33. The Bertz CT molecular complexity index is 452. The zero-order valence-corrected chi connectivity index (χ0v) is 17.9. The van der Waals surface area contributed by atoms with E-state index in [1.807, 2.05) is 20.8 Å². The second-order valence-corrected chi connectivity index (χ2v) is 7.24. The normalized spacial score (nSPS) is 13.0. The predicted molar refractivity (Wildman–Crippen MR) is 88.0 cm³/mol. The molecule has 1 aromatic carbocycles. The van der Waals surface area contributed by atoms with Gasteiger partial charge < -0.3 is 19.4 Å². The summed E-state index contributed by atoms with van der Waals surface area (Å²) in [5, 5.41) is 0. The van der Waals surface area contributed by atoms with Gasteiger partial charge in [0.15, 0.2) is 0 Å². The second-order valence-electron chi connectivity index (χ2n) is 5.24. The maximum atomic E-state index is 13.4. The molecule has 0 radical (unpaired) electrons. The van der Waals surface area contributed by atoms with Crippen LogP contribution in [0.15, 0.2) is 30.9 Å². The van der Waals surface area contributed by atoms with Gasteiger partial charge in [-0.2, -0.15) is 0 Å². The second kappa shape index (κ2) is 11.3. The molecule has 0 saturated heterocycles. The molecule has 0 aliphatic carbocycles. The van der Waals surface area contributed by atoms with Crippen molar-refractivity contribution in [3.05, 3.63) is 62.7 Å². The van der Waals surface area contributed by atoms with E-state index in [0.717, 1.165) is 6.07 Å². The molecular formula is C16H25F2NOSZn. The maximum absolute atomic E-state index is 13.4. The summed E-state index contributed by atoms with van der Waals surface area (Å²) < 4.78 is 40.5. The van der Waals surface area contributed by atoms with Gasteiger partial charge in [-0.3, -0.25) is 0 Å². The Morgan fingerprint density at radius 3 is 2.27 bits per heavy atom. The van der Waals surface area contributed by atoms with Gasteiger partial charge in [0.2, 0.25) is 0 Å². The van der Waals surface area contributed by atoms with Gasteiger partial charge >= 0.3 is 19.5 Å². The number of halogens is 2. The van der Waals surface area contributed by atoms with Crippen LogP contribution in [0.25, 0.3) is 0 Å². The smallest absolute Gasteiger partial charge is 0.598 e. The monoisotopic (exact) mass is 381 g/mol. The third kappa shape index (κ3) is 7.82. The first-order chi connectivity index (χ1) is 8.77. The van der Waals surface area contributed by atoms with E-state index in [1.165, 1.54) is 12.1 Å². The summed E-state index contributed by atoms with van der Waals surface area (Å²) >= 11 is -1.32. The van der Waals surface area contributed by atoms with Gasteiger partial charge in [-0.15, -0.1) is 11.3 Å². The summed E-state index contributed by atoms with van der Waals surface area (Å²) in [6.45, 7) is 8.39. The minimum absolute atomic E-state index is 0. The Morgan fingerprint density at radius 1 is 1.32 bits per heavy atom. The van der Waals surface area contributed by atoms with Crippen molar-refractivity contribution in [3.8, 4) is 0 Å². The first-order valence-electron chi connectivity index (χ1n) is 5.94. The predicted octanol–water partition coefficient (Wildman–Crippen LogP) is 4.47. The molecule has 1 N–H and O–H groups in total. The molecule has 0 aromatic heterocycles. The van der Waals surface area contributed by atoms with E-state index in [4.69, 9.17) is 0 Å². The van der Waals surface area contributed by atoms with E-state index in [-0.39, 0.29) is 39.9 Å².